The summed E-state index contributed by atoms with van der Waals surface area (Å²) >= 11 is 0. The Morgan fingerprint density at radius 3 is 2.40 bits per heavy atom. The molecular formula is C16H11NO3. The number of carbonyl (C=O) groups excluding carboxylic acids is 1. The number of carboxylic acids is 1. The van der Waals surface area contributed by atoms with Crippen LogP contribution >= 0.6 is 0 Å². The summed E-state index contributed by atoms with van der Waals surface area (Å²) in [6, 6.07) is 12.4. The van der Waals surface area contributed by atoms with E-state index in [1.165, 1.54) is 0 Å². The fourth-order valence-electron chi connectivity index (χ4n) is 2.22. The fourth-order valence-corrected chi connectivity index (χ4v) is 2.22. The Morgan fingerprint density at radius 2 is 1.75 bits per heavy atom. The molecule has 0 aliphatic rings. The zero-order valence-electron chi connectivity index (χ0n) is 10.5. The van der Waals surface area contributed by atoms with Crippen LogP contribution in [0.2, 0.25) is 0 Å². The number of carboxylic acid groups (broad SMARTS) is 1. The van der Waals surface area contributed by atoms with Crippen LogP contribution in [-0.2, 0) is 0 Å². The number of aromatic amines is 1. The Labute approximate surface area is 114 Å². The van der Waals surface area contributed by atoms with Crippen LogP contribution < -0.4 is 0 Å². The molecule has 3 aromatic rings. The van der Waals surface area contributed by atoms with E-state index in [-0.39, 0.29) is 5.56 Å². The minimum atomic E-state index is -0.944. The van der Waals surface area contributed by atoms with E-state index in [1.807, 2.05) is 18.2 Å². The smallest absolute Gasteiger partial charge is 0.335 e. The SMILES string of the molecule is O=Cc1c[nH]c2ccc(-c3ccc(C(=O)O)cc3)cc12. The van der Waals surface area contributed by atoms with Gasteiger partial charge in [0.25, 0.3) is 0 Å². The minimum absolute atomic E-state index is 0.255. The van der Waals surface area contributed by atoms with Gasteiger partial charge in [-0.15, -0.1) is 0 Å². The average Bonchev–Trinajstić information content (AvgIpc) is 2.89. The number of aromatic nitrogens is 1. The van der Waals surface area contributed by atoms with Crippen LogP contribution in [0.5, 0.6) is 0 Å². The van der Waals surface area contributed by atoms with E-state index in [4.69, 9.17) is 5.11 Å². The molecule has 4 heteroatoms. The van der Waals surface area contributed by atoms with Gasteiger partial charge in [-0.25, -0.2) is 4.79 Å². The van der Waals surface area contributed by atoms with Gasteiger partial charge in [-0.1, -0.05) is 18.2 Å². The Morgan fingerprint density at radius 1 is 1.05 bits per heavy atom. The van der Waals surface area contributed by atoms with Crippen molar-refractivity contribution in [1.29, 1.82) is 0 Å². The average molecular weight is 265 g/mol. The quantitative estimate of drug-likeness (QED) is 0.713. The van der Waals surface area contributed by atoms with Gasteiger partial charge in [0.05, 0.1) is 5.56 Å². The van der Waals surface area contributed by atoms with Gasteiger partial charge < -0.3 is 10.1 Å². The maximum absolute atomic E-state index is 11.0. The molecule has 2 N–H and O–H groups in total. The van der Waals surface area contributed by atoms with Crippen molar-refractivity contribution < 1.29 is 14.7 Å². The predicted octanol–water partition coefficient (Wildman–Crippen LogP) is 3.35. The molecule has 0 saturated heterocycles. The molecule has 3 rings (SSSR count). The van der Waals surface area contributed by atoms with E-state index >= 15 is 0 Å². The molecule has 0 aliphatic carbocycles. The summed E-state index contributed by atoms with van der Waals surface area (Å²) in [4.78, 5) is 24.8. The molecular weight excluding hydrogens is 254 g/mol. The largest absolute Gasteiger partial charge is 0.478 e. The molecule has 0 atom stereocenters. The van der Waals surface area contributed by atoms with Crippen molar-refractivity contribution in [2.24, 2.45) is 0 Å². The summed E-state index contributed by atoms with van der Waals surface area (Å²) in [6.45, 7) is 0. The molecule has 0 unspecified atom stereocenters. The lowest BCUT2D eigenvalue weighted by Crippen LogP contribution is -1.94. The van der Waals surface area contributed by atoms with Crippen molar-refractivity contribution in [1.82, 2.24) is 4.98 Å². The normalized spacial score (nSPS) is 10.6. The van der Waals surface area contributed by atoms with Crippen molar-refractivity contribution in [3.63, 3.8) is 0 Å². The number of H-pyrrole nitrogens is 1. The first-order valence-electron chi connectivity index (χ1n) is 6.09. The van der Waals surface area contributed by atoms with E-state index in [1.54, 1.807) is 30.5 Å². The van der Waals surface area contributed by atoms with Gasteiger partial charge in [0.15, 0.2) is 6.29 Å². The second-order valence-electron chi connectivity index (χ2n) is 4.50. The second-order valence-corrected chi connectivity index (χ2v) is 4.50. The van der Waals surface area contributed by atoms with Crippen molar-refractivity contribution >= 4 is 23.2 Å². The first-order chi connectivity index (χ1) is 9.69. The van der Waals surface area contributed by atoms with Crippen LogP contribution in [0.4, 0.5) is 0 Å². The molecule has 0 spiro atoms. The van der Waals surface area contributed by atoms with E-state index in [2.05, 4.69) is 4.98 Å². The Bertz CT molecular complexity index is 800. The zero-order chi connectivity index (χ0) is 14.1. The highest BCUT2D eigenvalue weighted by atomic mass is 16.4. The van der Waals surface area contributed by atoms with Crippen LogP contribution in [-0.4, -0.2) is 22.3 Å². The number of rotatable bonds is 3. The number of hydrogen-bond acceptors (Lipinski definition) is 2. The van der Waals surface area contributed by atoms with Gasteiger partial charge in [-0.2, -0.15) is 0 Å². The number of fused-ring (bicyclic) bond motifs is 1. The first kappa shape index (κ1) is 12.2. The summed E-state index contributed by atoms with van der Waals surface area (Å²) in [5.74, 6) is -0.944. The van der Waals surface area contributed by atoms with Crippen LogP contribution in [0.3, 0.4) is 0 Å². The monoisotopic (exact) mass is 265 g/mol. The third kappa shape index (κ3) is 1.97. The lowest BCUT2D eigenvalue weighted by molar-refractivity contribution is 0.0696. The Hall–Kier alpha value is -2.88. The molecule has 2 aromatic carbocycles. The summed E-state index contributed by atoms with van der Waals surface area (Å²) in [6.07, 6.45) is 2.49. The Balaban J connectivity index is 2.09. The number of aromatic carboxylic acids is 1. The third-order valence-electron chi connectivity index (χ3n) is 3.31. The van der Waals surface area contributed by atoms with Crippen molar-refractivity contribution in [3.05, 3.63) is 59.8 Å². The molecule has 0 aliphatic heterocycles. The maximum atomic E-state index is 11.0. The molecule has 1 aromatic heterocycles. The molecule has 0 saturated carbocycles. The number of carbonyl (C=O) groups is 2. The third-order valence-corrected chi connectivity index (χ3v) is 3.31. The van der Waals surface area contributed by atoms with Crippen molar-refractivity contribution in [2.75, 3.05) is 0 Å². The molecule has 20 heavy (non-hydrogen) atoms. The van der Waals surface area contributed by atoms with Crippen molar-refractivity contribution in [3.8, 4) is 11.1 Å². The molecule has 0 radical (unpaired) electrons. The lowest BCUT2D eigenvalue weighted by atomic mass is 10.0. The fraction of sp³-hybridized carbons (Fsp3) is 0. The molecule has 0 amide bonds. The van der Waals surface area contributed by atoms with Gasteiger partial charge in [0.1, 0.15) is 0 Å². The van der Waals surface area contributed by atoms with Gasteiger partial charge in [-0.3, -0.25) is 4.79 Å². The molecule has 0 bridgehead atoms. The van der Waals surface area contributed by atoms with Gasteiger partial charge >= 0.3 is 5.97 Å². The highest BCUT2D eigenvalue weighted by Crippen LogP contribution is 2.26. The first-order valence-corrected chi connectivity index (χ1v) is 6.09. The van der Waals surface area contributed by atoms with E-state index in [9.17, 15) is 9.59 Å². The van der Waals surface area contributed by atoms with Gasteiger partial charge in [0, 0.05) is 22.7 Å². The number of benzene rings is 2. The van der Waals surface area contributed by atoms with Crippen LogP contribution in [0.1, 0.15) is 20.7 Å². The number of hydrogen-bond donors (Lipinski definition) is 2. The van der Waals surface area contributed by atoms with E-state index < -0.39 is 5.97 Å². The van der Waals surface area contributed by atoms with Crippen molar-refractivity contribution in [2.45, 2.75) is 0 Å². The zero-order valence-corrected chi connectivity index (χ0v) is 10.5. The number of nitrogens with one attached hydrogen (secondary N) is 1. The van der Waals surface area contributed by atoms with E-state index in [0.29, 0.717) is 5.56 Å². The lowest BCUT2D eigenvalue weighted by Gasteiger charge is -2.03. The maximum Gasteiger partial charge on any atom is 0.335 e. The highest BCUT2D eigenvalue weighted by molar-refractivity contribution is 5.99. The topological polar surface area (TPSA) is 70.2 Å². The van der Waals surface area contributed by atoms with Crippen LogP contribution in [0, 0.1) is 0 Å². The van der Waals surface area contributed by atoms with E-state index in [0.717, 1.165) is 28.3 Å². The molecule has 4 nitrogen and oxygen atoms in total. The van der Waals surface area contributed by atoms with Crippen LogP contribution in [0.25, 0.3) is 22.0 Å². The number of aldehydes is 1. The molecule has 98 valence electrons. The summed E-state index contributed by atoms with van der Waals surface area (Å²) in [5.41, 5.74) is 3.62. The molecule has 0 fully saturated rings. The van der Waals surface area contributed by atoms with Gasteiger partial charge in [-0.05, 0) is 35.4 Å². The summed E-state index contributed by atoms with van der Waals surface area (Å²) in [5, 5.41) is 9.75. The standard InChI is InChI=1S/C16H11NO3/c18-9-13-8-17-15-6-5-12(7-14(13)15)10-1-3-11(4-2-10)16(19)20/h1-9,17H,(H,19,20). The summed E-state index contributed by atoms with van der Waals surface area (Å²) in [7, 11) is 0. The Kier molecular flexibility index (Phi) is 2.84. The van der Waals surface area contributed by atoms with Crippen LogP contribution in [0.15, 0.2) is 48.7 Å². The molecule has 1 heterocycles. The summed E-state index contributed by atoms with van der Waals surface area (Å²) < 4.78 is 0. The highest BCUT2D eigenvalue weighted by Gasteiger charge is 2.06. The van der Waals surface area contributed by atoms with Gasteiger partial charge in [0.2, 0.25) is 0 Å². The predicted molar refractivity (Wildman–Crippen MR) is 76.1 cm³/mol. The minimum Gasteiger partial charge on any atom is -0.478 e. The second kappa shape index (κ2) is 4.66.